The Balaban J connectivity index is 2.55. The third kappa shape index (κ3) is 4.14. The average molecular weight is 402 g/mol. The molecular weight excluding hydrogens is 385 g/mol. The highest BCUT2D eigenvalue weighted by atomic mass is 35.5. The number of nitrogens with zero attached hydrogens (tertiary/aromatic N) is 1. The third-order valence-electron chi connectivity index (χ3n) is 3.60. The quantitative estimate of drug-likeness (QED) is 0.803. The largest absolute Gasteiger partial charge is 0.479 e. The summed E-state index contributed by atoms with van der Waals surface area (Å²) in [4.78, 5) is 10.8. The first-order chi connectivity index (χ1) is 12.0. The summed E-state index contributed by atoms with van der Waals surface area (Å²) in [6.45, 7) is 1.34. The molecule has 0 unspecified atom stereocenters. The van der Waals surface area contributed by atoms with E-state index in [0.29, 0.717) is 5.02 Å². The van der Waals surface area contributed by atoms with Crippen molar-refractivity contribution in [3.8, 4) is 16.9 Å². The summed E-state index contributed by atoms with van der Waals surface area (Å²) in [6.07, 6.45) is -1.16. The van der Waals surface area contributed by atoms with Crippen LogP contribution in [0.3, 0.4) is 0 Å². The second-order valence-corrected chi connectivity index (χ2v) is 8.26. The molecule has 0 aliphatic carbocycles. The second kappa shape index (κ2) is 7.61. The van der Waals surface area contributed by atoms with Crippen molar-refractivity contribution in [3.05, 3.63) is 47.2 Å². The van der Waals surface area contributed by atoms with E-state index in [1.165, 1.54) is 51.4 Å². The fourth-order valence-corrected chi connectivity index (χ4v) is 3.23. The standard InChI is InChI=1S/C17H17ClFNO5S/c1-10(17(21)22)25-16-7-4-11(18)8-14(16)13-6-5-12(9-15(13)19)26(23,24)20(2)3/h4-10H,1-3H3,(H,21,22)/t10-/m0/s1. The van der Waals surface area contributed by atoms with Gasteiger partial charge < -0.3 is 9.84 Å². The molecule has 2 aromatic rings. The normalized spacial score (nSPS) is 12.8. The number of sulfonamides is 1. The summed E-state index contributed by atoms with van der Waals surface area (Å²) in [6, 6.07) is 7.79. The van der Waals surface area contributed by atoms with E-state index in [9.17, 15) is 17.6 Å². The lowest BCUT2D eigenvalue weighted by atomic mass is 10.0. The molecule has 0 aliphatic rings. The van der Waals surface area contributed by atoms with Crippen molar-refractivity contribution in [2.75, 3.05) is 14.1 Å². The van der Waals surface area contributed by atoms with Gasteiger partial charge in [-0.2, -0.15) is 0 Å². The number of hydrogen-bond donors (Lipinski definition) is 1. The average Bonchev–Trinajstić information content (AvgIpc) is 2.56. The van der Waals surface area contributed by atoms with E-state index in [1.54, 1.807) is 0 Å². The summed E-state index contributed by atoms with van der Waals surface area (Å²) in [5.74, 6) is -1.87. The summed E-state index contributed by atoms with van der Waals surface area (Å²) in [5, 5.41) is 9.29. The first kappa shape index (κ1) is 20.2. The first-order valence-electron chi connectivity index (χ1n) is 7.45. The van der Waals surface area contributed by atoms with Crippen LogP contribution in [0.1, 0.15) is 6.92 Å². The Labute approximate surface area is 155 Å². The van der Waals surface area contributed by atoms with Gasteiger partial charge in [0.05, 0.1) is 4.90 Å². The molecule has 2 rings (SSSR count). The van der Waals surface area contributed by atoms with E-state index in [0.717, 1.165) is 10.4 Å². The van der Waals surface area contributed by atoms with Gasteiger partial charge in [0, 0.05) is 30.2 Å². The van der Waals surface area contributed by atoms with Gasteiger partial charge in [0.15, 0.2) is 6.10 Å². The van der Waals surface area contributed by atoms with Crippen LogP contribution in [0.4, 0.5) is 4.39 Å². The molecule has 0 radical (unpaired) electrons. The molecule has 0 amide bonds. The highest BCUT2D eigenvalue weighted by molar-refractivity contribution is 7.89. The van der Waals surface area contributed by atoms with Crippen molar-refractivity contribution < 1.29 is 27.4 Å². The van der Waals surface area contributed by atoms with Gasteiger partial charge >= 0.3 is 5.97 Å². The molecular formula is C17H17ClFNO5S. The second-order valence-electron chi connectivity index (χ2n) is 5.67. The van der Waals surface area contributed by atoms with E-state index in [4.69, 9.17) is 21.4 Å². The molecule has 0 spiro atoms. The number of carboxylic acids is 1. The van der Waals surface area contributed by atoms with E-state index in [2.05, 4.69) is 0 Å². The minimum Gasteiger partial charge on any atom is -0.479 e. The number of hydrogen-bond acceptors (Lipinski definition) is 4. The molecule has 1 N–H and O–H groups in total. The predicted molar refractivity (Wildman–Crippen MR) is 95.4 cm³/mol. The van der Waals surface area contributed by atoms with Crippen LogP contribution in [0.2, 0.25) is 5.02 Å². The Morgan fingerprint density at radius 3 is 2.38 bits per heavy atom. The van der Waals surface area contributed by atoms with Crippen LogP contribution < -0.4 is 4.74 Å². The topological polar surface area (TPSA) is 83.9 Å². The third-order valence-corrected chi connectivity index (χ3v) is 5.65. The predicted octanol–water partition coefficient (Wildman–Crippen LogP) is 3.25. The zero-order valence-electron chi connectivity index (χ0n) is 14.2. The van der Waals surface area contributed by atoms with Gasteiger partial charge in [-0.3, -0.25) is 0 Å². The minimum absolute atomic E-state index is 0.0396. The maximum Gasteiger partial charge on any atom is 0.344 e. The Kier molecular flexibility index (Phi) is 5.90. The number of rotatable bonds is 6. The number of carbonyl (C=O) groups is 1. The van der Waals surface area contributed by atoms with Gasteiger partial charge in [-0.15, -0.1) is 0 Å². The maximum atomic E-state index is 14.6. The molecule has 0 bridgehead atoms. The van der Waals surface area contributed by atoms with E-state index in [-0.39, 0.29) is 21.8 Å². The number of benzene rings is 2. The number of aliphatic carboxylic acids is 1. The first-order valence-corrected chi connectivity index (χ1v) is 9.27. The molecule has 9 heteroatoms. The van der Waals surface area contributed by atoms with Crippen LogP contribution >= 0.6 is 11.6 Å². The SMILES string of the molecule is C[C@H](Oc1ccc(Cl)cc1-c1ccc(S(=O)(=O)N(C)C)cc1F)C(=O)O. The maximum absolute atomic E-state index is 14.6. The fourth-order valence-electron chi connectivity index (χ4n) is 2.14. The monoisotopic (exact) mass is 401 g/mol. The zero-order valence-corrected chi connectivity index (χ0v) is 15.8. The van der Waals surface area contributed by atoms with Crippen molar-refractivity contribution in [3.63, 3.8) is 0 Å². The Hall–Kier alpha value is -2.16. The minimum atomic E-state index is -3.79. The lowest BCUT2D eigenvalue weighted by molar-refractivity contribution is -0.144. The highest BCUT2D eigenvalue weighted by Crippen LogP contribution is 2.35. The lowest BCUT2D eigenvalue weighted by Crippen LogP contribution is -2.23. The summed E-state index contributed by atoms with van der Waals surface area (Å²) in [7, 11) is -1.10. The van der Waals surface area contributed by atoms with Gasteiger partial charge in [0.1, 0.15) is 11.6 Å². The molecule has 2 aromatic carbocycles. The molecule has 140 valence electrons. The van der Waals surface area contributed by atoms with Crippen molar-refractivity contribution in [1.82, 2.24) is 4.31 Å². The van der Waals surface area contributed by atoms with Gasteiger partial charge in [-0.05, 0) is 43.3 Å². The van der Waals surface area contributed by atoms with Crippen LogP contribution in [0.25, 0.3) is 11.1 Å². The van der Waals surface area contributed by atoms with Gasteiger partial charge in [-0.25, -0.2) is 21.9 Å². The van der Waals surface area contributed by atoms with Gasteiger partial charge in [0.2, 0.25) is 10.0 Å². The van der Waals surface area contributed by atoms with Crippen LogP contribution in [0, 0.1) is 5.82 Å². The fraction of sp³-hybridized carbons (Fsp3) is 0.235. The van der Waals surface area contributed by atoms with Crippen LogP contribution in [0.15, 0.2) is 41.3 Å². The van der Waals surface area contributed by atoms with Crippen molar-refractivity contribution in [1.29, 1.82) is 0 Å². The molecule has 0 heterocycles. The van der Waals surface area contributed by atoms with E-state index < -0.39 is 27.9 Å². The van der Waals surface area contributed by atoms with Gasteiger partial charge in [0.25, 0.3) is 0 Å². The molecule has 0 saturated carbocycles. The molecule has 0 aromatic heterocycles. The molecule has 26 heavy (non-hydrogen) atoms. The Morgan fingerprint density at radius 1 is 1.19 bits per heavy atom. The summed E-state index contributed by atoms with van der Waals surface area (Å²) < 4.78 is 45.2. The number of carboxylic acid groups (broad SMARTS) is 1. The van der Waals surface area contributed by atoms with Crippen molar-refractivity contribution in [2.24, 2.45) is 0 Å². The van der Waals surface area contributed by atoms with Crippen LogP contribution in [-0.2, 0) is 14.8 Å². The van der Waals surface area contributed by atoms with Crippen molar-refractivity contribution >= 4 is 27.6 Å². The lowest BCUT2D eigenvalue weighted by Gasteiger charge is -2.16. The molecule has 6 nitrogen and oxygen atoms in total. The summed E-state index contributed by atoms with van der Waals surface area (Å²) in [5.41, 5.74) is 0.259. The van der Waals surface area contributed by atoms with Crippen LogP contribution in [-0.4, -0.2) is 44.0 Å². The van der Waals surface area contributed by atoms with Crippen LogP contribution in [0.5, 0.6) is 5.75 Å². The van der Waals surface area contributed by atoms with E-state index in [1.807, 2.05) is 0 Å². The smallest absolute Gasteiger partial charge is 0.344 e. The Bertz CT molecular complexity index is 946. The zero-order chi connectivity index (χ0) is 19.6. The molecule has 0 saturated heterocycles. The summed E-state index contributed by atoms with van der Waals surface area (Å²) >= 11 is 5.97. The Morgan fingerprint density at radius 2 is 1.85 bits per heavy atom. The molecule has 1 atom stereocenters. The molecule has 0 fully saturated rings. The molecule has 0 aliphatic heterocycles. The number of halogens is 2. The number of ether oxygens (including phenoxy) is 1. The van der Waals surface area contributed by atoms with Gasteiger partial charge in [-0.1, -0.05) is 11.6 Å². The highest BCUT2D eigenvalue weighted by Gasteiger charge is 2.21. The van der Waals surface area contributed by atoms with Crippen molar-refractivity contribution in [2.45, 2.75) is 17.9 Å². The van der Waals surface area contributed by atoms with E-state index >= 15 is 0 Å².